The summed E-state index contributed by atoms with van der Waals surface area (Å²) in [6.07, 6.45) is 6.64. The van der Waals surface area contributed by atoms with Crippen LogP contribution in [0.2, 0.25) is 0 Å². The summed E-state index contributed by atoms with van der Waals surface area (Å²) in [6, 6.07) is 0. The van der Waals surface area contributed by atoms with Crippen LogP contribution in [0.15, 0.2) is 6.20 Å². The predicted octanol–water partition coefficient (Wildman–Crippen LogP) is 2.48. The lowest BCUT2D eigenvalue weighted by Gasteiger charge is -2.19. The molecule has 0 aliphatic heterocycles. The fraction of sp³-hybridized carbons (Fsp3) is 0.625. The molecule has 1 heterocycles. The maximum atomic E-state index is 6.24. The van der Waals surface area contributed by atoms with Gasteiger partial charge in [0.05, 0.1) is 14.6 Å². The Labute approximate surface area is 89.7 Å². The summed E-state index contributed by atoms with van der Waals surface area (Å²) in [5.74, 6) is 0. The molecule has 1 saturated carbocycles. The first-order valence-corrected chi connectivity index (χ1v) is 6.01. The van der Waals surface area contributed by atoms with Crippen LogP contribution in [-0.4, -0.2) is 4.98 Å². The second kappa shape index (κ2) is 3.23. The third-order valence-corrected chi connectivity index (χ3v) is 4.34. The van der Waals surface area contributed by atoms with Crippen molar-refractivity contribution in [3.63, 3.8) is 0 Å². The summed E-state index contributed by atoms with van der Waals surface area (Å²) >= 11 is 4.03. The Morgan fingerprint density at radius 1 is 1.50 bits per heavy atom. The molecule has 0 amide bonds. The van der Waals surface area contributed by atoms with Crippen molar-refractivity contribution in [3.05, 3.63) is 14.1 Å². The molecule has 0 spiro atoms. The van der Waals surface area contributed by atoms with Gasteiger partial charge < -0.3 is 5.73 Å². The molecule has 0 bridgehead atoms. The summed E-state index contributed by atoms with van der Waals surface area (Å²) in [5.41, 5.74) is 6.15. The van der Waals surface area contributed by atoms with Crippen molar-refractivity contribution in [2.45, 2.75) is 31.2 Å². The molecule has 2 N–H and O–H groups in total. The minimum Gasteiger partial charge on any atom is -0.319 e. The van der Waals surface area contributed by atoms with Gasteiger partial charge in [-0.05, 0) is 35.4 Å². The number of halogens is 1. The molecule has 1 aliphatic rings. The highest BCUT2D eigenvalue weighted by Crippen LogP contribution is 2.38. The molecule has 0 aromatic carbocycles. The molecule has 0 radical (unpaired) electrons. The normalized spacial score (nSPS) is 21.5. The van der Waals surface area contributed by atoms with E-state index >= 15 is 0 Å². The van der Waals surface area contributed by atoms with Gasteiger partial charge in [0, 0.05) is 0 Å². The molecule has 1 aromatic heterocycles. The van der Waals surface area contributed by atoms with Crippen LogP contribution < -0.4 is 5.73 Å². The maximum absolute atomic E-state index is 6.24. The lowest BCUT2D eigenvalue weighted by atomic mass is 10.0. The molecule has 0 saturated heterocycles. The number of thiazole rings is 1. The lowest BCUT2D eigenvalue weighted by Crippen LogP contribution is -2.32. The number of nitrogens with two attached hydrogens (primary N) is 1. The fourth-order valence-electron chi connectivity index (χ4n) is 1.70. The van der Waals surface area contributed by atoms with E-state index in [0.717, 1.165) is 17.8 Å². The summed E-state index contributed by atoms with van der Waals surface area (Å²) in [6.45, 7) is 0. The molecule has 2 nitrogen and oxygen atoms in total. The van der Waals surface area contributed by atoms with Gasteiger partial charge in [0.2, 0.25) is 0 Å². The van der Waals surface area contributed by atoms with Crippen LogP contribution in [0.3, 0.4) is 0 Å². The van der Waals surface area contributed by atoms with Crippen LogP contribution >= 0.6 is 33.9 Å². The van der Waals surface area contributed by atoms with E-state index in [0.29, 0.717) is 0 Å². The standard InChI is InChI=1S/C8H11IN2S/c9-6-5-11-7(12-6)8(10)3-1-2-4-8/h5H,1-4,10H2. The van der Waals surface area contributed by atoms with E-state index in [4.69, 9.17) is 5.73 Å². The third-order valence-electron chi connectivity index (χ3n) is 2.40. The van der Waals surface area contributed by atoms with Crippen LogP contribution in [0.25, 0.3) is 0 Å². The number of rotatable bonds is 1. The van der Waals surface area contributed by atoms with Crippen molar-refractivity contribution in [1.82, 2.24) is 4.98 Å². The van der Waals surface area contributed by atoms with Crippen LogP contribution in [0, 0.1) is 2.88 Å². The molecule has 1 aliphatic carbocycles. The van der Waals surface area contributed by atoms with Gasteiger partial charge in [-0.2, -0.15) is 0 Å². The summed E-state index contributed by atoms with van der Waals surface area (Å²) < 4.78 is 1.24. The van der Waals surface area contributed by atoms with E-state index in [1.807, 2.05) is 6.20 Å². The second-order valence-electron chi connectivity index (χ2n) is 3.33. The van der Waals surface area contributed by atoms with E-state index in [1.54, 1.807) is 11.3 Å². The first kappa shape index (κ1) is 8.90. The smallest absolute Gasteiger partial charge is 0.113 e. The van der Waals surface area contributed by atoms with E-state index < -0.39 is 0 Å². The molecular formula is C8H11IN2S. The Morgan fingerprint density at radius 3 is 2.67 bits per heavy atom. The van der Waals surface area contributed by atoms with Gasteiger partial charge >= 0.3 is 0 Å². The predicted molar refractivity (Wildman–Crippen MR) is 59.2 cm³/mol. The zero-order valence-electron chi connectivity index (χ0n) is 6.72. The molecule has 0 unspecified atom stereocenters. The van der Waals surface area contributed by atoms with Crippen LogP contribution in [0.5, 0.6) is 0 Å². The summed E-state index contributed by atoms with van der Waals surface area (Å²) in [7, 11) is 0. The van der Waals surface area contributed by atoms with Gasteiger partial charge in [-0.3, -0.25) is 0 Å². The van der Waals surface area contributed by atoms with E-state index in [-0.39, 0.29) is 5.54 Å². The number of nitrogens with zero attached hydrogens (tertiary/aromatic N) is 1. The molecule has 1 fully saturated rings. The van der Waals surface area contributed by atoms with Gasteiger partial charge in [0.1, 0.15) is 5.01 Å². The van der Waals surface area contributed by atoms with Crippen molar-refractivity contribution in [2.24, 2.45) is 5.73 Å². The molecule has 4 heteroatoms. The Morgan fingerprint density at radius 2 is 2.17 bits per heavy atom. The van der Waals surface area contributed by atoms with E-state index in [1.165, 1.54) is 15.7 Å². The van der Waals surface area contributed by atoms with Crippen molar-refractivity contribution in [2.75, 3.05) is 0 Å². The van der Waals surface area contributed by atoms with Crippen LogP contribution in [0.1, 0.15) is 30.7 Å². The van der Waals surface area contributed by atoms with E-state index in [2.05, 4.69) is 27.6 Å². The van der Waals surface area contributed by atoms with Crippen molar-refractivity contribution < 1.29 is 0 Å². The maximum Gasteiger partial charge on any atom is 0.113 e. The Hall–Kier alpha value is 0.320. The van der Waals surface area contributed by atoms with Gasteiger partial charge in [-0.25, -0.2) is 4.98 Å². The topological polar surface area (TPSA) is 38.9 Å². The van der Waals surface area contributed by atoms with E-state index in [9.17, 15) is 0 Å². The highest BCUT2D eigenvalue weighted by molar-refractivity contribution is 14.1. The van der Waals surface area contributed by atoms with Crippen LogP contribution in [-0.2, 0) is 5.54 Å². The first-order valence-electron chi connectivity index (χ1n) is 4.11. The Balaban J connectivity index is 2.28. The van der Waals surface area contributed by atoms with Crippen molar-refractivity contribution in [1.29, 1.82) is 0 Å². The monoisotopic (exact) mass is 294 g/mol. The molecule has 2 rings (SSSR count). The highest BCUT2D eigenvalue weighted by Gasteiger charge is 2.33. The van der Waals surface area contributed by atoms with Crippen LogP contribution in [0.4, 0.5) is 0 Å². The SMILES string of the molecule is NC1(c2ncc(I)s2)CCCC1. The second-order valence-corrected chi connectivity index (χ2v) is 6.26. The number of hydrogen-bond acceptors (Lipinski definition) is 3. The molecule has 12 heavy (non-hydrogen) atoms. The number of hydrogen-bond donors (Lipinski definition) is 1. The minimum atomic E-state index is -0.0892. The van der Waals surface area contributed by atoms with Gasteiger partial charge in [-0.15, -0.1) is 11.3 Å². The van der Waals surface area contributed by atoms with Gasteiger partial charge in [0.15, 0.2) is 0 Å². The zero-order chi connectivity index (χ0) is 8.60. The third kappa shape index (κ3) is 1.52. The average molecular weight is 294 g/mol. The summed E-state index contributed by atoms with van der Waals surface area (Å²) in [4.78, 5) is 4.36. The van der Waals surface area contributed by atoms with Gasteiger partial charge in [-0.1, -0.05) is 12.8 Å². The van der Waals surface area contributed by atoms with Crippen molar-refractivity contribution in [3.8, 4) is 0 Å². The Bertz CT molecular complexity index is 278. The zero-order valence-corrected chi connectivity index (χ0v) is 9.69. The molecular weight excluding hydrogens is 283 g/mol. The largest absolute Gasteiger partial charge is 0.319 e. The highest BCUT2D eigenvalue weighted by atomic mass is 127. The fourth-order valence-corrected chi connectivity index (χ4v) is 3.27. The first-order chi connectivity index (χ1) is 5.71. The lowest BCUT2D eigenvalue weighted by molar-refractivity contribution is 0.459. The number of aromatic nitrogens is 1. The van der Waals surface area contributed by atoms with Crippen molar-refractivity contribution >= 4 is 33.9 Å². The summed E-state index contributed by atoms with van der Waals surface area (Å²) in [5, 5.41) is 1.13. The molecule has 0 atom stereocenters. The average Bonchev–Trinajstić information content (AvgIpc) is 2.59. The van der Waals surface area contributed by atoms with Gasteiger partial charge in [0.25, 0.3) is 0 Å². The Kier molecular flexibility index (Phi) is 2.39. The molecule has 66 valence electrons. The minimum absolute atomic E-state index is 0.0892. The molecule has 1 aromatic rings. The quantitative estimate of drug-likeness (QED) is 0.808.